The molecular formula is C19H27N5O2. The van der Waals surface area contributed by atoms with E-state index in [0.717, 1.165) is 30.4 Å². The summed E-state index contributed by atoms with van der Waals surface area (Å²) in [7, 11) is 0. The fraction of sp³-hybridized carbons (Fsp3) is 0.526. The standard InChI is InChI=1S/C19H27N5O2/c1-2-24-16-11-7-6-10-15(16)22-18(24)23-17(25)12-13-20-19(26)21-14-8-4-3-5-9-14/h6-7,10-11,14H,2-5,8-9,12-13H2,1H3,(H2,20,21,26)(H,22,23,25). The summed E-state index contributed by atoms with van der Waals surface area (Å²) in [5.41, 5.74) is 1.85. The molecule has 0 spiro atoms. The molecule has 1 heterocycles. The van der Waals surface area contributed by atoms with Crippen molar-refractivity contribution in [2.24, 2.45) is 0 Å². The van der Waals surface area contributed by atoms with Crippen LogP contribution in [0.3, 0.4) is 0 Å². The first kappa shape index (κ1) is 18.2. The minimum absolute atomic E-state index is 0.159. The smallest absolute Gasteiger partial charge is 0.315 e. The Kier molecular flexibility index (Phi) is 6.09. The Morgan fingerprint density at radius 1 is 1.19 bits per heavy atom. The number of rotatable bonds is 6. The number of aromatic nitrogens is 2. The molecule has 0 atom stereocenters. The Balaban J connectivity index is 1.46. The number of carbonyl (C=O) groups is 2. The third-order valence-corrected chi connectivity index (χ3v) is 4.80. The summed E-state index contributed by atoms with van der Waals surface area (Å²) in [5, 5.41) is 8.59. The van der Waals surface area contributed by atoms with Crippen molar-refractivity contribution >= 4 is 28.9 Å². The molecule has 1 aromatic heterocycles. The fourth-order valence-corrected chi connectivity index (χ4v) is 3.45. The molecule has 7 heteroatoms. The van der Waals surface area contributed by atoms with E-state index in [0.29, 0.717) is 12.5 Å². The molecule has 3 amide bonds. The van der Waals surface area contributed by atoms with E-state index in [1.54, 1.807) is 0 Å². The first-order valence-electron chi connectivity index (χ1n) is 9.47. The number of nitrogens with zero attached hydrogens (tertiary/aromatic N) is 2. The number of benzene rings is 1. The number of imidazole rings is 1. The van der Waals surface area contributed by atoms with E-state index in [9.17, 15) is 9.59 Å². The van der Waals surface area contributed by atoms with E-state index >= 15 is 0 Å². The predicted octanol–water partition coefficient (Wildman–Crippen LogP) is 3.02. The van der Waals surface area contributed by atoms with Crippen molar-refractivity contribution in [2.45, 2.75) is 58.0 Å². The molecule has 140 valence electrons. The van der Waals surface area contributed by atoms with E-state index in [-0.39, 0.29) is 24.4 Å². The number of para-hydroxylation sites is 2. The van der Waals surface area contributed by atoms with Gasteiger partial charge in [-0.1, -0.05) is 31.4 Å². The minimum atomic E-state index is -0.189. The van der Waals surface area contributed by atoms with Gasteiger partial charge in [-0.2, -0.15) is 0 Å². The lowest BCUT2D eigenvalue weighted by atomic mass is 9.96. The maximum atomic E-state index is 12.2. The van der Waals surface area contributed by atoms with Gasteiger partial charge in [-0.15, -0.1) is 0 Å². The van der Waals surface area contributed by atoms with Crippen LogP contribution in [-0.4, -0.2) is 34.1 Å². The van der Waals surface area contributed by atoms with Crippen molar-refractivity contribution < 1.29 is 9.59 Å². The number of fused-ring (bicyclic) bond motifs is 1. The number of hydrogen-bond donors (Lipinski definition) is 3. The Morgan fingerprint density at radius 2 is 1.96 bits per heavy atom. The third-order valence-electron chi connectivity index (χ3n) is 4.80. The molecule has 1 aliphatic rings. The second kappa shape index (κ2) is 8.69. The summed E-state index contributed by atoms with van der Waals surface area (Å²) in [6.45, 7) is 3.04. The van der Waals surface area contributed by atoms with E-state index in [4.69, 9.17) is 0 Å². The first-order valence-corrected chi connectivity index (χ1v) is 9.47. The van der Waals surface area contributed by atoms with Gasteiger partial charge in [0.05, 0.1) is 11.0 Å². The van der Waals surface area contributed by atoms with Crippen LogP contribution >= 0.6 is 0 Å². The van der Waals surface area contributed by atoms with Crippen LogP contribution in [0.25, 0.3) is 11.0 Å². The quantitative estimate of drug-likeness (QED) is 0.742. The highest BCUT2D eigenvalue weighted by molar-refractivity contribution is 5.91. The van der Waals surface area contributed by atoms with Crippen molar-refractivity contribution in [1.29, 1.82) is 0 Å². The average molecular weight is 357 g/mol. The van der Waals surface area contributed by atoms with Gasteiger partial charge in [-0.05, 0) is 31.9 Å². The highest BCUT2D eigenvalue weighted by Gasteiger charge is 2.16. The summed E-state index contributed by atoms with van der Waals surface area (Å²) in [4.78, 5) is 28.6. The number of anilines is 1. The molecule has 0 bridgehead atoms. The van der Waals surface area contributed by atoms with Crippen LogP contribution < -0.4 is 16.0 Å². The van der Waals surface area contributed by atoms with Crippen molar-refractivity contribution in [3.05, 3.63) is 24.3 Å². The maximum Gasteiger partial charge on any atom is 0.315 e. The number of aryl methyl sites for hydroxylation is 1. The van der Waals surface area contributed by atoms with Crippen molar-refractivity contribution in [1.82, 2.24) is 20.2 Å². The number of urea groups is 1. The molecule has 3 rings (SSSR count). The number of nitrogens with one attached hydrogen (secondary N) is 3. The Morgan fingerprint density at radius 3 is 2.73 bits per heavy atom. The van der Waals surface area contributed by atoms with Crippen LogP contribution in [0.5, 0.6) is 0 Å². The van der Waals surface area contributed by atoms with Crippen LogP contribution in [0.2, 0.25) is 0 Å². The van der Waals surface area contributed by atoms with E-state index < -0.39 is 0 Å². The van der Waals surface area contributed by atoms with E-state index in [1.165, 1.54) is 19.3 Å². The van der Waals surface area contributed by atoms with Crippen LogP contribution in [0.4, 0.5) is 10.7 Å². The van der Waals surface area contributed by atoms with Gasteiger partial charge in [0.2, 0.25) is 11.9 Å². The molecule has 2 aromatic rings. The molecule has 0 saturated heterocycles. The molecule has 1 fully saturated rings. The fourth-order valence-electron chi connectivity index (χ4n) is 3.45. The SMILES string of the molecule is CCn1c(NC(=O)CCNC(=O)NC2CCCCC2)nc2ccccc21. The molecule has 26 heavy (non-hydrogen) atoms. The highest BCUT2D eigenvalue weighted by Crippen LogP contribution is 2.19. The number of amides is 3. The Labute approximate surface area is 153 Å². The zero-order valence-corrected chi connectivity index (χ0v) is 15.3. The zero-order valence-electron chi connectivity index (χ0n) is 15.3. The Bertz CT molecular complexity index is 764. The first-order chi connectivity index (χ1) is 12.7. The van der Waals surface area contributed by atoms with Crippen LogP contribution in [0, 0.1) is 0 Å². The highest BCUT2D eigenvalue weighted by atomic mass is 16.2. The number of hydrogen-bond acceptors (Lipinski definition) is 3. The summed E-state index contributed by atoms with van der Waals surface area (Å²) >= 11 is 0. The number of carbonyl (C=O) groups excluding carboxylic acids is 2. The molecule has 1 aromatic carbocycles. The molecule has 3 N–H and O–H groups in total. The van der Waals surface area contributed by atoms with Gasteiger partial charge >= 0.3 is 6.03 Å². The second-order valence-electron chi connectivity index (χ2n) is 6.70. The summed E-state index contributed by atoms with van der Waals surface area (Å²) in [5.74, 6) is 0.387. The monoisotopic (exact) mass is 357 g/mol. The molecular weight excluding hydrogens is 330 g/mol. The van der Waals surface area contributed by atoms with Gasteiger partial charge < -0.3 is 15.2 Å². The molecule has 0 aliphatic heterocycles. The van der Waals surface area contributed by atoms with E-state index in [2.05, 4.69) is 20.9 Å². The van der Waals surface area contributed by atoms with Crippen LogP contribution in [0.15, 0.2) is 24.3 Å². The molecule has 1 saturated carbocycles. The Hall–Kier alpha value is -2.57. The zero-order chi connectivity index (χ0) is 18.4. The largest absolute Gasteiger partial charge is 0.338 e. The maximum absolute atomic E-state index is 12.2. The lowest BCUT2D eigenvalue weighted by Gasteiger charge is -2.22. The van der Waals surface area contributed by atoms with Gasteiger partial charge in [-0.25, -0.2) is 9.78 Å². The summed E-state index contributed by atoms with van der Waals surface area (Å²) in [6.07, 6.45) is 5.90. The van der Waals surface area contributed by atoms with Gasteiger partial charge in [-0.3, -0.25) is 10.1 Å². The third kappa shape index (κ3) is 4.53. The normalized spacial score (nSPS) is 15.0. The van der Waals surface area contributed by atoms with Crippen molar-refractivity contribution in [3.8, 4) is 0 Å². The van der Waals surface area contributed by atoms with E-state index in [1.807, 2.05) is 35.8 Å². The minimum Gasteiger partial charge on any atom is -0.338 e. The summed E-state index contributed by atoms with van der Waals surface area (Å²) < 4.78 is 1.97. The van der Waals surface area contributed by atoms with Crippen molar-refractivity contribution in [2.75, 3.05) is 11.9 Å². The predicted molar refractivity (Wildman–Crippen MR) is 102 cm³/mol. The average Bonchev–Trinajstić information content (AvgIpc) is 2.99. The van der Waals surface area contributed by atoms with Crippen LogP contribution in [-0.2, 0) is 11.3 Å². The van der Waals surface area contributed by atoms with Crippen LogP contribution in [0.1, 0.15) is 45.4 Å². The van der Waals surface area contributed by atoms with Gasteiger partial charge in [0.25, 0.3) is 0 Å². The van der Waals surface area contributed by atoms with Crippen molar-refractivity contribution in [3.63, 3.8) is 0 Å². The summed E-state index contributed by atoms with van der Waals surface area (Å²) in [6, 6.07) is 7.87. The topological polar surface area (TPSA) is 88.0 Å². The molecule has 1 aliphatic carbocycles. The lowest BCUT2D eigenvalue weighted by Crippen LogP contribution is -2.43. The lowest BCUT2D eigenvalue weighted by molar-refractivity contribution is -0.116. The van der Waals surface area contributed by atoms with Gasteiger partial charge in [0, 0.05) is 25.6 Å². The molecule has 0 unspecified atom stereocenters. The molecule has 0 radical (unpaired) electrons. The van der Waals surface area contributed by atoms with Gasteiger partial charge in [0.1, 0.15) is 0 Å². The van der Waals surface area contributed by atoms with Gasteiger partial charge in [0.15, 0.2) is 0 Å². The second-order valence-corrected chi connectivity index (χ2v) is 6.70. The molecule has 7 nitrogen and oxygen atoms in total.